The van der Waals surface area contributed by atoms with Gasteiger partial charge < -0.3 is 10.2 Å². The molecule has 0 saturated heterocycles. The minimum absolute atomic E-state index is 0.0385. The number of rotatable bonds is 8. The summed E-state index contributed by atoms with van der Waals surface area (Å²) in [6.07, 6.45) is 6.66. The molecular weight excluding hydrogens is 432 g/mol. The molecule has 152 valence electrons. The number of allylic oxidation sites excluding steroid dienone is 1. The molecule has 3 atom stereocenters. The molecule has 1 aliphatic carbocycles. The van der Waals surface area contributed by atoms with Gasteiger partial charge in [-0.05, 0) is 60.6 Å². The molecule has 0 amide bonds. The SMILES string of the molecule is O=C(O)c1ccc(CC[C@H]2C(=O)CCC2/C=C/C(O)Cc2cccc(Br)c2)cc1. The normalized spacial score (nSPS) is 20.3. The van der Waals surface area contributed by atoms with Crippen molar-refractivity contribution >= 4 is 27.7 Å². The summed E-state index contributed by atoms with van der Waals surface area (Å²) in [4.78, 5) is 23.3. The molecule has 4 nitrogen and oxygen atoms in total. The van der Waals surface area contributed by atoms with E-state index in [9.17, 15) is 14.7 Å². The predicted molar refractivity (Wildman–Crippen MR) is 116 cm³/mol. The summed E-state index contributed by atoms with van der Waals surface area (Å²) in [6, 6.07) is 14.7. The lowest BCUT2D eigenvalue weighted by Gasteiger charge is -2.16. The van der Waals surface area contributed by atoms with Crippen LogP contribution in [0, 0.1) is 11.8 Å². The molecular formula is C24H25BrO4. The van der Waals surface area contributed by atoms with E-state index in [1.807, 2.05) is 48.6 Å². The molecule has 29 heavy (non-hydrogen) atoms. The Labute approximate surface area is 179 Å². The van der Waals surface area contributed by atoms with Crippen LogP contribution in [0.1, 0.15) is 40.7 Å². The fraction of sp³-hybridized carbons (Fsp3) is 0.333. The van der Waals surface area contributed by atoms with Gasteiger partial charge in [-0.1, -0.05) is 52.3 Å². The van der Waals surface area contributed by atoms with Crippen molar-refractivity contribution < 1.29 is 19.8 Å². The fourth-order valence-electron chi connectivity index (χ4n) is 3.92. The van der Waals surface area contributed by atoms with Crippen molar-refractivity contribution in [1.82, 2.24) is 0 Å². The summed E-state index contributed by atoms with van der Waals surface area (Å²) in [6.45, 7) is 0. The van der Waals surface area contributed by atoms with E-state index >= 15 is 0 Å². The van der Waals surface area contributed by atoms with E-state index in [0.717, 1.165) is 34.9 Å². The molecule has 2 unspecified atom stereocenters. The van der Waals surface area contributed by atoms with Gasteiger partial charge in [0.25, 0.3) is 0 Å². The molecule has 0 aromatic heterocycles. The van der Waals surface area contributed by atoms with E-state index in [4.69, 9.17) is 5.11 Å². The van der Waals surface area contributed by atoms with Gasteiger partial charge in [0.2, 0.25) is 0 Å². The number of carbonyl (C=O) groups excluding carboxylic acids is 1. The average molecular weight is 457 g/mol. The maximum absolute atomic E-state index is 12.3. The first kappa shape index (κ1) is 21.5. The number of carbonyl (C=O) groups is 2. The molecule has 2 aromatic carbocycles. The van der Waals surface area contributed by atoms with E-state index in [-0.39, 0.29) is 23.2 Å². The van der Waals surface area contributed by atoms with Gasteiger partial charge in [0.05, 0.1) is 11.7 Å². The Morgan fingerprint density at radius 1 is 1.17 bits per heavy atom. The van der Waals surface area contributed by atoms with Gasteiger partial charge in [-0.25, -0.2) is 4.79 Å². The van der Waals surface area contributed by atoms with Crippen LogP contribution < -0.4 is 0 Å². The number of aryl methyl sites for hydroxylation is 1. The van der Waals surface area contributed by atoms with Crippen LogP contribution in [0.3, 0.4) is 0 Å². The van der Waals surface area contributed by atoms with Crippen LogP contribution in [0.4, 0.5) is 0 Å². The van der Waals surface area contributed by atoms with Gasteiger partial charge in [0.1, 0.15) is 5.78 Å². The highest BCUT2D eigenvalue weighted by molar-refractivity contribution is 9.10. The van der Waals surface area contributed by atoms with Crippen molar-refractivity contribution in [2.24, 2.45) is 11.8 Å². The zero-order valence-electron chi connectivity index (χ0n) is 16.1. The highest BCUT2D eigenvalue weighted by Gasteiger charge is 2.32. The topological polar surface area (TPSA) is 74.6 Å². The minimum atomic E-state index is -0.936. The van der Waals surface area contributed by atoms with Gasteiger partial charge in [0, 0.05) is 23.2 Å². The molecule has 2 N–H and O–H groups in total. The molecule has 1 saturated carbocycles. The van der Waals surface area contributed by atoms with E-state index < -0.39 is 12.1 Å². The molecule has 1 aliphatic rings. The predicted octanol–water partition coefficient (Wildman–Crippen LogP) is 4.84. The number of hydrogen-bond acceptors (Lipinski definition) is 3. The van der Waals surface area contributed by atoms with Gasteiger partial charge in [0.15, 0.2) is 0 Å². The number of aliphatic hydroxyl groups excluding tert-OH is 1. The number of Topliss-reactive ketones (excluding diaryl/α,β-unsaturated/α-hetero) is 1. The van der Waals surface area contributed by atoms with Gasteiger partial charge in [-0.3, -0.25) is 4.79 Å². The van der Waals surface area contributed by atoms with Gasteiger partial charge >= 0.3 is 5.97 Å². The third-order valence-corrected chi connectivity index (χ3v) is 6.01. The van der Waals surface area contributed by atoms with Crippen LogP contribution in [0.5, 0.6) is 0 Å². The Bertz CT molecular complexity index is 888. The number of ketones is 1. The lowest BCUT2D eigenvalue weighted by atomic mass is 9.88. The summed E-state index contributed by atoms with van der Waals surface area (Å²) in [5.41, 5.74) is 2.36. The number of aliphatic hydroxyl groups is 1. The molecule has 2 aromatic rings. The van der Waals surface area contributed by atoms with Crippen LogP contribution >= 0.6 is 15.9 Å². The Balaban J connectivity index is 1.56. The standard InChI is InChI=1S/C24H25BrO4/c25-20-3-1-2-17(14-20)15-21(26)11-9-18-10-13-23(27)22(18)12-6-16-4-7-19(8-5-16)24(28)29/h1-5,7-9,11,14,18,21-22,26H,6,10,12-13,15H2,(H,28,29)/b11-9+/t18?,21?,22-/m1/s1. The smallest absolute Gasteiger partial charge is 0.335 e. The maximum Gasteiger partial charge on any atom is 0.335 e. The van der Waals surface area contributed by atoms with Crippen LogP contribution in [0.25, 0.3) is 0 Å². The summed E-state index contributed by atoms with van der Waals surface area (Å²) in [7, 11) is 0. The Kier molecular flexibility index (Phi) is 7.40. The summed E-state index contributed by atoms with van der Waals surface area (Å²) >= 11 is 3.44. The molecule has 0 spiro atoms. The first-order valence-corrected chi connectivity index (χ1v) is 10.7. The lowest BCUT2D eigenvalue weighted by molar-refractivity contribution is -0.121. The van der Waals surface area contributed by atoms with Crippen molar-refractivity contribution in [2.75, 3.05) is 0 Å². The van der Waals surface area contributed by atoms with E-state index in [1.54, 1.807) is 12.1 Å². The number of carboxylic acids is 1. The van der Waals surface area contributed by atoms with Crippen molar-refractivity contribution in [1.29, 1.82) is 0 Å². The molecule has 0 aliphatic heterocycles. The summed E-state index contributed by atoms with van der Waals surface area (Å²) in [5, 5.41) is 19.3. The van der Waals surface area contributed by atoms with E-state index in [2.05, 4.69) is 15.9 Å². The zero-order valence-corrected chi connectivity index (χ0v) is 17.7. The Hall–Kier alpha value is -2.24. The van der Waals surface area contributed by atoms with Gasteiger partial charge in [-0.2, -0.15) is 0 Å². The van der Waals surface area contributed by atoms with E-state index in [0.29, 0.717) is 12.8 Å². The number of hydrogen-bond donors (Lipinski definition) is 2. The van der Waals surface area contributed by atoms with Crippen molar-refractivity contribution in [3.8, 4) is 0 Å². The second-order valence-electron chi connectivity index (χ2n) is 7.60. The average Bonchev–Trinajstić information content (AvgIpc) is 3.04. The zero-order chi connectivity index (χ0) is 20.8. The number of carboxylic acid groups (broad SMARTS) is 1. The maximum atomic E-state index is 12.3. The third-order valence-electron chi connectivity index (χ3n) is 5.51. The van der Waals surface area contributed by atoms with Crippen LogP contribution in [0.15, 0.2) is 65.2 Å². The summed E-state index contributed by atoms with van der Waals surface area (Å²) < 4.78 is 0.990. The van der Waals surface area contributed by atoms with Gasteiger partial charge in [-0.15, -0.1) is 0 Å². The highest BCUT2D eigenvalue weighted by atomic mass is 79.9. The number of halogens is 1. The third kappa shape index (κ3) is 6.12. The lowest BCUT2D eigenvalue weighted by Crippen LogP contribution is -2.15. The highest BCUT2D eigenvalue weighted by Crippen LogP contribution is 2.33. The second-order valence-corrected chi connectivity index (χ2v) is 8.52. The van der Waals surface area contributed by atoms with Crippen molar-refractivity contribution in [3.05, 3.63) is 81.8 Å². The first-order chi connectivity index (χ1) is 13.9. The molecule has 3 rings (SSSR count). The molecule has 0 heterocycles. The van der Waals surface area contributed by atoms with Crippen LogP contribution in [-0.2, 0) is 17.6 Å². The quantitative estimate of drug-likeness (QED) is 0.557. The molecule has 0 radical (unpaired) electrons. The number of benzene rings is 2. The van der Waals surface area contributed by atoms with Crippen molar-refractivity contribution in [2.45, 2.75) is 38.2 Å². The van der Waals surface area contributed by atoms with E-state index in [1.165, 1.54) is 0 Å². The number of aromatic carboxylic acids is 1. The van der Waals surface area contributed by atoms with Crippen LogP contribution in [-0.4, -0.2) is 28.1 Å². The fourth-order valence-corrected chi connectivity index (χ4v) is 4.37. The van der Waals surface area contributed by atoms with Crippen molar-refractivity contribution in [3.63, 3.8) is 0 Å². The minimum Gasteiger partial charge on any atom is -0.478 e. The Morgan fingerprint density at radius 2 is 1.93 bits per heavy atom. The molecule has 1 fully saturated rings. The van der Waals surface area contributed by atoms with Crippen LogP contribution in [0.2, 0.25) is 0 Å². The largest absolute Gasteiger partial charge is 0.478 e. The summed E-state index contributed by atoms with van der Waals surface area (Å²) in [5.74, 6) is -0.543. The monoisotopic (exact) mass is 456 g/mol. The second kappa shape index (κ2) is 9.99. The Morgan fingerprint density at radius 3 is 2.62 bits per heavy atom. The molecule has 5 heteroatoms. The molecule has 0 bridgehead atoms. The first-order valence-electron chi connectivity index (χ1n) is 9.88.